The van der Waals surface area contributed by atoms with Crippen LogP contribution in [0.5, 0.6) is 0 Å². The quantitative estimate of drug-likeness (QED) is 0.566. The fourth-order valence-corrected chi connectivity index (χ4v) is 2.28. The molecule has 0 aliphatic heterocycles. The second-order valence-electron chi connectivity index (χ2n) is 6.30. The van der Waals surface area contributed by atoms with E-state index in [0.29, 0.717) is 16.8 Å². The maximum absolute atomic E-state index is 12.1. The molecule has 28 heavy (non-hydrogen) atoms. The van der Waals surface area contributed by atoms with Crippen LogP contribution in [0.15, 0.2) is 48.5 Å². The molecule has 7 heteroatoms. The van der Waals surface area contributed by atoms with E-state index in [4.69, 9.17) is 4.74 Å². The summed E-state index contributed by atoms with van der Waals surface area (Å²) in [4.78, 5) is 47.2. The molecule has 0 aromatic heterocycles. The minimum absolute atomic E-state index is 0.0761. The standard InChI is InChI=1S/C21H22N2O5/c1-13-4-6-17(7-5-13)21(27)22-12-19(25)28-15(3)20(26)23-18-10-8-16(9-11-18)14(2)24/h4-11,15H,12H2,1-3H3,(H,22,27)(H,23,26). The fourth-order valence-electron chi connectivity index (χ4n) is 2.28. The number of carbonyl (C=O) groups is 4. The van der Waals surface area contributed by atoms with E-state index in [9.17, 15) is 19.2 Å². The number of rotatable bonds is 7. The third kappa shape index (κ3) is 6.05. The van der Waals surface area contributed by atoms with E-state index in [1.165, 1.54) is 13.8 Å². The van der Waals surface area contributed by atoms with E-state index < -0.39 is 23.9 Å². The van der Waals surface area contributed by atoms with Gasteiger partial charge in [-0.3, -0.25) is 19.2 Å². The van der Waals surface area contributed by atoms with Gasteiger partial charge in [0.2, 0.25) is 0 Å². The Morgan fingerprint density at radius 2 is 1.50 bits per heavy atom. The first-order valence-corrected chi connectivity index (χ1v) is 8.72. The van der Waals surface area contributed by atoms with Crippen LogP contribution in [0.25, 0.3) is 0 Å². The molecule has 0 saturated heterocycles. The van der Waals surface area contributed by atoms with Crippen LogP contribution in [-0.4, -0.2) is 36.2 Å². The smallest absolute Gasteiger partial charge is 0.326 e. The molecule has 2 rings (SSSR count). The number of benzene rings is 2. The van der Waals surface area contributed by atoms with Crippen LogP contribution in [-0.2, 0) is 14.3 Å². The second kappa shape index (κ2) is 9.45. The van der Waals surface area contributed by atoms with Crippen molar-refractivity contribution in [2.75, 3.05) is 11.9 Å². The van der Waals surface area contributed by atoms with Crippen molar-refractivity contribution in [3.63, 3.8) is 0 Å². The predicted molar refractivity (Wildman–Crippen MR) is 104 cm³/mol. The Hall–Kier alpha value is -3.48. The van der Waals surface area contributed by atoms with Crippen LogP contribution in [0, 0.1) is 6.92 Å². The van der Waals surface area contributed by atoms with Crippen molar-refractivity contribution in [1.29, 1.82) is 0 Å². The van der Waals surface area contributed by atoms with Crippen LogP contribution in [0.4, 0.5) is 5.69 Å². The molecule has 0 radical (unpaired) electrons. The first-order valence-electron chi connectivity index (χ1n) is 8.72. The number of esters is 1. The van der Waals surface area contributed by atoms with Crippen molar-refractivity contribution in [2.24, 2.45) is 0 Å². The second-order valence-corrected chi connectivity index (χ2v) is 6.30. The molecule has 146 valence electrons. The number of carbonyl (C=O) groups excluding carboxylic acids is 4. The first-order chi connectivity index (χ1) is 13.3. The van der Waals surface area contributed by atoms with Gasteiger partial charge in [-0.2, -0.15) is 0 Å². The molecule has 0 bridgehead atoms. The largest absolute Gasteiger partial charge is 0.451 e. The number of anilines is 1. The number of amides is 2. The molecule has 0 aliphatic rings. The highest BCUT2D eigenvalue weighted by atomic mass is 16.5. The molecule has 0 spiro atoms. The van der Waals surface area contributed by atoms with Crippen LogP contribution >= 0.6 is 0 Å². The van der Waals surface area contributed by atoms with Gasteiger partial charge in [-0.15, -0.1) is 0 Å². The predicted octanol–water partition coefficient (Wildman–Crippen LogP) is 2.50. The minimum Gasteiger partial charge on any atom is -0.451 e. The van der Waals surface area contributed by atoms with Gasteiger partial charge in [0.25, 0.3) is 11.8 Å². The molecule has 0 aliphatic carbocycles. The van der Waals surface area contributed by atoms with E-state index in [0.717, 1.165) is 5.56 Å². The number of ether oxygens (including phenoxy) is 1. The van der Waals surface area contributed by atoms with Crippen molar-refractivity contribution in [3.8, 4) is 0 Å². The lowest BCUT2D eigenvalue weighted by Crippen LogP contribution is -2.35. The molecule has 0 heterocycles. The fraction of sp³-hybridized carbons (Fsp3) is 0.238. The van der Waals surface area contributed by atoms with Crippen LogP contribution in [0.1, 0.15) is 40.1 Å². The summed E-state index contributed by atoms with van der Waals surface area (Å²) in [5.41, 5.74) is 2.46. The molecule has 2 aromatic carbocycles. The number of nitrogens with one attached hydrogen (secondary N) is 2. The topological polar surface area (TPSA) is 102 Å². The lowest BCUT2D eigenvalue weighted by Gasteiger charge is -2.14. The highest BCUT2D eigenvalue weighted by molar-refractivity contribution is 5.98. The Labute approximate surface area is 163 Å². The Kier molecular flexibility index (Phi) is 7.03. The van der Waals surface area contributed by atoms with E-state index in [2.05, 4.69) is 10.6 Å². The van der Waals surface area contributed by atoms with Crippen molar-refractivity contribution in [3.05, 3.63) is 65.2 Å². The summed E-state index contributed by atoms with van der Waals surface area (Å²) in [7, 11) is 0. The van der Waals surface area contributed by atoms with E-state index in [-0.39, 0.29) is 12.3 Å². The normalized spacial score (nSPS) is 11.2. The van der Waals surface area contributed by atoms with Gasteiger partial charge in [0.1, 0.15) is 6.54 Å². The molecule has 1 atom stereocenters. The zero-order valence-corrected chi connectivity index (χ0v) is 15.9. The van der Waals surface area contributed by atoms with Crippen molar-refractivity contribution in [2.45, 2.75) is 26.9 Å². The monoisotopic (exact) mass is 382 g/mol. The molecule has 2 N–H and O–H groups in total. The highest BCUT2D eigenvalue weighted by Gasteiger charge is 2.18. The van der Waals surface area contributed by atoms with Gasteiger partial charge in [-0.1, -0.05) is 17.7 Å². The number of ketones is 1. The average Bonchev–Trinajstić information content (AvgIpc) is 2.67. The van der Waals surface area contributed by atoms with Gasteiger partial charge < -0.3 is 15.4 Å². The Balaban J connectivity index is 1.80. The lowest BCUT2D eigenvalue weighted by atomic mass is 10.1. The molecular formula is C21H22N2O5. The molecule has 2 aromatic rings. The summed E-state index contributed by atoms with van der Waals surface area (Å²) in [5, 5.41) is 5.05. The van der Waals surface area contributed by atoms with Gasteiger partial charge in [-0.25, -0.2) is 0 Å². The summed E-state index contributed by atoms with van der Waals surface area (Å²) in [5.74, 6) is -1.73. The Morgan fingerprint density at radius 1 is 0.929 bits per heavy atom. The summed E-state index contributed by atoms with van der Waals surface area (Å²) in [6.45, 7) is 4.44. The van der Waals surface area contributed by atoms with Gasteiger partial charge in [-0.05, 0) is 57.2 Å². The summed E-state index contributed by atoms with van der Waals surface area (Å²) in [6, 6.07) is 13.3. The zero-order chi connectivity index (χ0) is 20.7. The maximum Gasteiger partial charge on any atom is 0.326 e. The van der Waals surface area contributed by atoms with Crippen molar-refractivity contribution in [1.82, 2.24) is 5.32 Å². The molecule has 0 saturated carbocycles. The van der Waals surface area contributed by atoms with E-state index in [1.807, 2.05) is 6.92 Å². The molecule has 1 unspecified atom stereocenters. The van der Waals surface area contributed by atoms with Gasteiger partial charge >= 0.3 is 5.97 Å². The lowest BCUT2D eigenvalue weighted by molar-refractivity contribution is -0.152. The SMILES string of the molecule is CC(=O)c1ccc(NC(=O)C(C)OC(=O)CNC(=O)c2ccc(C)cc2)cc1. The van der Waals surface area contributed by atoms with Gasteiger partial charge in [0.15, 0.2) is 11.9 Å². The van der Waals surface area contributed by atoms with Crippen LogP contribution in [0.2, 0.25) is 0 Å². The molecule has 7 nitrogen and oxygen atoms in total. The summed E-state index contributed by atoms with van der Waals surface area (Å²) < 4.78 is 5.03. The molecule has 2 amide bonds. The third-order valence-electron chi connectivity index (χ3n) is 3.94. The minimum atomic E-state index is -1.05. The summed E-state index contributed by atoms with van der Waals surface area (Å²) >= 11 is 0. The zero-order valence-electron chi connectivity index (χ0n) is 15.9. The first kappa shape index (κ1) is 20.8. The summed E-state index contributed by atoms with van der Waals surface area (Å²) in [6.07, 6.45) is -1.05. The maximum atomic E-state index is 12.1. The molecule has 0 fully saturated rings. The third-order valence-corrected chi connectivity index (χ3v) is 3.94. The van der Waals surface area contributed by atoms with E-state index >= 15 is 0 Å². The average molecular weight is 382 g/mol. The highest BCUT2D eigenvalue weighted by Crippen LogP contribution is 2.11. The number of Topliss-reactive ketones (excluding diaryl/α,β-unsaturated/α-hetero) is 1. The number of hydrogen-bond donors (Lipinski definition) is 2. The van der Waals surface area contributed by atoms with E-state index in [1.54, 1.807) is 48.5 Å². The van der Waals surface area contributed by atoms with Crippen LogP contribution in [0.3, 0.4) is 0 Å². The number of hydrogen-bond acceptors (Lipinski definition) is 5. The van der Waals surface area contributed by atoms with Gasteiger partial charge in [0, 0.05) is 16.8 Å². The Morgan fingerprint density at radius 3 is 2.07 bits per heavy atom. The molecular weight excluding hydrogens is 360 g/mol. The Bertz CT molecular complexity index is 873. The van der Waals surface area contributed by atoms with Crippen molar-refractivity contribution >= 4 is 29.3 Å². The van der Waals surface area contributed by atoms with Gasteiger partial charge in [0.05, 0.1) is 0 Å². The number of aryl methyl sites for hydroxylation is 1. The van der Waals surface area contributed by atoms with Crippen LogP contribution < -0.4 is 10.6 Å². The van der Waals surface area contributed by atoms with Crippen molar-refractivity contribution < 1.29 is 23.9 Å².